The summed E-state index contributed by atoms with van der Waals surface area (Å²) in [6, 6.07) is 0. The van der Waals surface area contributed by atoms with E-state index >= 15 is 0 Å². The summed E-state index contributed by atoms with van der Waals surface area (Å²) in [6.45, 7) is 1.93. The third-order valence-corrected chi connectivity index (χ3v) is 4.15. The number of imidazole rings is 1. The van der Waals surface area contributed by atoms with Gasteiger partial charge in [0.1, 0.15) is 15.9 Å². The molecule has 3 rings (SSSR count). The van der Waals surface area contributed by atoms with Crippen molar-refractivity contribution < 1.29 is 0 Å². The highest BCUT2D eigenvalue weighted by atomic mass is 32.2. The predicted molar refractivity (Wildman–Crippen MR) is 71.3 cm³/mol. The van der Waals surface area contributed by atoms with Gasteiger partial charge in [-0.05, 0) is 18.7 Å². The fourth-order valence-corrected chi connectivity index (χ4v) is 3.32. The average molecular weight is 278 g/mol. The van der Waals surface area contributed by atoms with E-state index in [1.807, 2.05) is 30.8 Å². The van der Waals surface area contributed by atoms with Crippen molar-refractivity contribution in [2.45, 2.75) is 16.3 Å². The van der Waals surface area contributed by atoms with Crippen molar-refractivity contribution in [3.63, 3.8) is 0 Å². The van der Waals surface area contributed by atoms with Crippen LogP contribution in [0, 0.1) is 6.92 Å². The summed E-state index contributed by atoms with van der Waals surface area (Å²) < 4.78 is 2.81. The maximum absolute atomic E-state index is 4.50. The number of rotatable bonds is 3. The van der Waals surface area contributed by atoms with Crippen molar-refractivity contribution in [1.82, 2.24) is 24.6 Å². The molecule has 0 fully saturated rings. The zero-order valence-electron chi connectivity index (χ0n) is 9.78. The Balaban J connectivity index is 2.06. The Morgan fingerprint density at radius 3 is 3.00 bits per heavy atom. The van der Waals surface area contributed by atoms with Gasteiger partial charge in [0, 0.05) is 19.4 Å². The Kier molecular flexibility index (Phi) is 2.88. The minimum absolute atomic E-state index is 0.796. The minimum atomic E-state index is 0.796. The Morgan fingerprint density at radius 2 is 2.28 bits per heavy atom. The molecule has 1 N–H and O–H groups in total. The van der Waals surface area contributed by atoms with Crippen molar-refractivity contribution in [2.75, 3.05) is 12.4 Å². The highest BCUT2D eigenvalue weighted by molar-refractivity contribution is 8.01. The van der Waals surface area contributed by atoms with Crippen molar-refractivity contribution in [1.29, 1.82) is 0 Å². The summed E-state index contributed by atoms with van der Waals surface area (Å²) in [5, 5.41) is 12.9. The zero-order chi connectivity index (χ0) is 12.5. The fourth-order valence-electron chi connectivity index (χ4n) is 1.49. The van der Waals surface area contributed by atoms with E-state index in [0.717, 1.165) is 25.8 Å². The van der Waals surface area contributed by atoms with E-state index < -0.39 is 0 Å². The molecule has 0 amide bonds. The summed E-state index contributed by atoms with van der Waals surface area (Å²) in [6.07, 6.45) is 5.55. The second-order valence-corrected chi connectivity index (χ2v) is 5.95. The lowest BCUT2D eigenvalue weighted by atomic mass is 10.6. The second-order valence-electron chi connectivity index (χ2n) is 3.53. The van der Waals surface area contributed by atoms with Gasteiger partial charge in [-0.25, -0.2) is 9.97 Å². The summed E-state index contributed by atoms with van der Waals surface area (Å²) >= 11 is 3.03. The van der Waals surface area contributed by atoms with Gasteiger partial charge in [0.05, 0.1) is 6.20 Å². The van der Waals surface area contributed by atoms with E-state index in [1.165, 1.54) is 11.8 Å². The Labute approximate surface area is 111 Å². The molecule has 0 atom stereocenters. The first-order valence-electron chi connectivity index (χ1n) is 5.25. The van der Waals surface area contributed by atoms with Gasteiger partial charge in [-0.15, -0.1) is 10.2 Å². The van der Waals surface area contributed by atoms with E-state index in [0.29, 0.717) is 0 Å². The monoisotopic (exact) mass is 278 g/mol. The second kappa shape index (κ2) is 4.54. The van der Waals surface area contributed by atoms with Gasteiger partial charge in [0.15, 0.2) is 9.99 Å². The number of nitrogens with one attached hydrogen (secondary N) is 1. The van der Waals surface area contributed by atoms with Crippen molar-refractivity contribution >= 4 is 34.6 Å². The average Bonchev–Trinajstić information content (AvgIpc) is 2.98. The topological polar surface area (TPSA) is 68.0 Å². The Morgan fingerprint density at radius 1 is 1.39 bits per heavy atom. The molecule has 8 heteroatoms. The van der Waals surface area contributed by atoms with Crippen LogP contribution in [-0.2, 0) is 0 Å². The van der Waals surface area contributed by atoms with Crippen LogP contribution < -0.4 is 5.32 Å². The zero-order valence-corrected chi connectivity index (χ0v) is 11.4. The summed E-state index contributed by atoms with van der Waals surface area (Å²) in [5.41, 5.74) is 0.826. The van der Waals surface area contributed by atoms with Crippen LogP contribution in [0.5, 0.6) is 0 Å². The summed E-state index contributed by atoms with van der Waals surface area (Å²) in [7, 11) is 1.84. The molecule has 3 heterocycles. The van der Waals surface area contributed by atoms with Crippen LogP contribution in [0.25, 0.3) is 5.65 Å². The van der Waals surface area contributed by atoms with E-state index in [-0.39, 0.29) is 0 Å². The molecule has 0 aliphatic carbocycles. The molecule has 0 spiro atoms. The normalized spacial score (nSPS) is 11.0. The molecule has 0 aliphatic heterocycles. The minimum Gasteiger partial charge on any atom is -0.372 e. The molecule has 0 saturated heterocycles. The molecule has 0 unspecified atom stereocenters. The van der Waals surface area contributed by atoms with Crippen LogP contribution in [0.2, 0.25) is 0 Å². The standard InChI is InChI=1S/C10H10N6S2/c1-6-14-15-10(17-6)18-9-8-12-3-4-16(8)5-7(11-2)13-9/h3-5,11H,1-2H3. The molecule has 92 valence electrons. The predicted octanol–water partition coefficient (Wildman–Crippen LogP) is 2.08. The number of anilines is 1. The molecule has 0 aromatic carbocycles. The molecular formula is C10H10N6S2. The third-order valence-electron chi connectivity index (χ3n) is 2.29. The lowest BCUT2D eigenvalue weighted by Crippen LogP contribution is -1.98. The smallest absolute Gasteiger partial charge is 0.180 e. The van der Waals surface area contributed by atoms with Crippen LogP contribution in [0.1, 0.15) is 5.01 Å². The van der Waals surface area contributed by atoms with Crippen LogP contribution in [0.15, 0.2) is 28.0 Å². The number of aryl methyl sites for hydroxylation is 1. The Bertz CT molecular complexity index is 689. The molecule has 0 bridgehead atoms. The van der Waals surface area contributed by atoms with Gasteiger partial charge in [0.25, 0.3) is 0 Å². The largest absolute Gasteiger partial charge is 0.372 e. The van der Waals surface area contributed by atoms with Crippen LogP contribution in [-0.4, -0.2) is 31.6 Å². The summed E-state index contributed by atoms with van der Waals surface area (Å²) in [4.78, 5) is 8.81. The quantitative estimate of drug-likeness (QED) is 0.791. The van der Waals surface area contributed by atoms with Gasteiger partial charge >= 0.3 is 0 Å². The van der Waals surface area contributed by atoms with Crippen molar-refractivity contribution in [3.8, 4) is 0 Å². The first-order chi connectivity index (χ1) is 8.76. The molecule has 3 aromatic rings. The highest BCUT2D eigenvalue weighted by Gasteiger charge is 2.11. The first-order valence-corrected chi connectivity index (χ1v) is 6.89. The maximum atomic E-state index is 4.50. The van der Waals surface area contributed by atoms with Crippen molar-refractivity contribution in [2.24, 2.45) is 0 Å². The number of nitrogens with zero attached hydrogens (tertiary/aromatic N) is 5. The molecule has 0 aliphatic rings. The highest BCUT2D eigenvalue weighted by Crippen LogP contribution is 2.31. The van der Waals surface area contributed by atoms with Crippen molar-refractivity contribution in [3.05, 3.63) is 23.6 Å². The molecule has 0 saturated carbocycles. The molecule has 3 aromatic heterocycles. The van der Waals surface area contributed by atoms with E-state index in [1.54, 1.807) is 17.5 Å². The molecule has 0 radical (unpaired) electrons. The molecule has 6 nitrogen and oxygen atoms in total. The number of aromatic nitrogens is 5. The Hall–Kier alpha value is -1.67. The fraction of sp³-hybridized carbons (Fsp3) is 0.200. The van der Waals surface area contributed by atoms with Gasteiger partial charge in [0.2, 0.25) is 0 Å². The van der Waals surface area contributed by atoms with Crippen LogP contribution >= 0.6 is 23.1 Å². The number of hydrogen-bond acceptors (Lipinski definition) is 7. The number of hydrogen-bond donors (Lipinski definition) is 1. The lowest BCUT2D eigenvalue weighted by Gasteiger charge is -2.04. The van der Waals surface area contributed by atoms with Crippen LogP contribution in [0.3, 0.4) is 0 Å². The van der Waals surface area contributed by atoms with E-state index in [2.05, 4.69) is 25.5 Å². The maximum Gasteiger partial charge on any atom is 0.180 e. The van der Waals surface area contributed by atoms with E-state index in [9.17, 15) is 0 Å². The van der Waals surface area contributed by atoms with Gasteiger partial charge in [-0.2, -0.15) is 0 Å². The van der Waals surface area contributed by atoms with E-state index in [4.69, 9.17) is 0 Å². The van der Waals surface area contributed by atoms with Gasteiger partial charge < -0.3 is 9.72 Å². The van der Waals surface area contributed by atoms with Gasteiger partial charge in [-0.3, -0.25) is 0 Å². The number of fused-ring (bicyclic) bond motifs is 1. The first kappa shape index (κ1) is 11.4. The van der Waals surface area contributed by atoms with Gasteiger partial charge in [-0.1, -0.05) is 11.3 Å². The third kappa shape index (κ3) is 2.04. The SMILES string of the molecule is CNc1cn2ccnc2c(Sc2nnc(C)s2)n1. The summed E-state index contributed by atoms with van der Waals surface area (Å²) in [5.74, 6) is 0.796. The lowest BCUT2D eigenvalue weighted by molar-refractivity contribution is 0.977. The molecular weight excluding hydrogens is 268 g/mol. The van der Waals surface area contributed by atoms with Crippen LogP contribution in [0.4, 0.5) is 5.82 Å². The molecule has 18 heavy (non-hydrogen) atoms.